The molecular weight excluding hydrogens is 146 g/mol. The zero-order valence-electron chi connectivity index (χ0n) is 6.33. The van der Waals surface area contributed by atoms with Gasteiger partial charge in [0, 0.05) is 12.5 Å². The smallest absolute Gasteiger partial charge is 0.217 e. The third-order valence-electron chi connectivity index (χ3n) is 1.56. The third-order valence-corrected chi connectivity index (χ3v) is 1.56. The van der Waals surface area contributed by atoms with E-state index in [1.54, 1.807) is 0 Å². The molecular formula is C7H11NO3. The second-order valence-corrected chi connectivity index (χ2v) is 2.51. The summed E-state index contributed by atoms with van der Waals surface area (Å²) in [4.78, 5) is 10.6. The minimum absolute atomic E-state index is 0.145. The maximum absolute atomic E-state index is 10.6. The molecule has 0 aromatic carbocycles. The number of aliphatic hydroxyl groups is 1. The van der Waals surface area contributed by atoms with Crippen molar-refractivity contribution in [3.63, 3.8) is 0 Å². The fourth-order valence-electron chi connectivity index (χ4n) is 0.953. The summed E-state index contributed by atoms with van der Waals surface area (Å²) < 4.78 is 4.82. The second-order valence-electron chi connectivity index (χ2n) is 2.51. The average molecular weight is 157 g/mol. The SMILES string of the molecule is C=C1C(NC(C)=O)COC1O. The Labute approximate surface area is 64.9 Å². The summed E-state index contributed by atoms with van der Waals surface area (Å²) in [6.45, 7) is 5.30. The lowest BCUT2D eigenvalue weighted by Gasteiger charge is -2.09. The lowest BCUT2D eigenvalue weighted by molar-refractivity contribution is -0.119. The molecule has 2 unspecified atom stereocenters. The molecule has 4 heteroatoms. The van der Waals surface area contributed by atoms with Crippen molar-refractivity contribution in [1.29, 1.82) is 0 Å². The van der Waals surface area contributed by atoms with Gasteiger partial charge >= 0.3 is 0 Å². The Bertz CT molecular complexity index is 190. The van der Waals surface area contributed by atoms with E-state index in [1.807, 2.05) is 0 Å². The van der Waals surface area contributed by atoms with Gasteiger partial charge in [-0.15, -0.1) is 0 Å². The van der Waals surface area contributed by atoms with Gasteiger partial charge in [0.25, 0.3) is 0 Å². The monoisotopic (exact) mass is 157 g/mol. The average Bonchev–Trinajstić information content (AvgIpc) is 2.18. The molecule has 1 saturated heterocycles. The van der Waals surface area contributed by atoms with Crippen LogP contribution in [0, 0.1) is 0 Å². The number of rotatable bonds is 1. The van der Waals surface area contributed by atoms with Crippen LogP contribution in [0.1, 0.15) is 6.92 Å². The Kier molecular flexibility index (Phi) is 2.26. The van der Waals surface area contributed by atoms with E-state index in [-0.39, 0.29) is 11.9 Å². The van der Waals surface area contributed by atoms with Crippen LogP contribution in [0.15, 0.2) is 12.2 Å². The molecule has 0 aromatic heterocycles. The summed E-state index contributed by atoms with van der Waals surface area (Å²) >= 11 is 0. The van der Waals surface area contributed by atoms with Gasteiger partial charge in [0.05, 0.1) is 12.6 Å². The normalized spacial score (nSPS) is 30.5. The van der Waals surface area contributed by atoms with Crippen LogP contribution in [-0.2, 0) is 9.53 Å². The first-order valence-electron chi connectivity index (χ1n) is 3.36. The second kappa shape index (κ2) is 3.02. The van der Waals surface area contributed by atoms with Gasteiger partial charge in [-0.25, -0.2) is 0 Å². The number of carbonyl (C=O) groups excluding carboxylic acids is 1. The molecule has 2 N–H and O–H groups in total. The predicted octanol–water partition coefficient (Wildman–Crippen LogP) is -0.604. The summed E-state index contributed by atoms with van der Waals surface area (Å²) in [6.07, 6.45) is -0.924. The van der Waals surface area contributed by atoms with Crippen molar-refractivity contribution in [3.05, 3.63) is 12.2 Å². The topological polar surface area (TPSA) is 58.6 Å². The van der Waals surface area contributed by atoms with Crippen LogP contribution in [0.3, 0.4) is 0 Å². The molecule has 0 saturated carbocycles. The van der Waals surface area contributed by atoms with Gasteiger partial charge in [-0.3, -0.25) is 4.79 Å². The maximum atomic E-state index is 10.6. The molecule has 0 aliphatic carbocycles. The minimum Gasteiger partial charge on any atom is -0.364 e. The summed E-state index contributed by atoms with van der Waals surface area (Å²) in [7, 11) is 0. The van der Waals surface area contributed by atoms with E-state index in [4.69, 9.17) is 9.84 Å². The van der Waals surface area contributed by atoms with Crippen LogP contribution in [0.4, 0.5) is 0 Å². The van der Waals surface area contributed by atoms with Crippen LogP contribution < -0.4 is 5.32 Å². The largest absolute Gasteiger partial charge is 0.364 e. The number of ether oxygens (including phenoxy) is 1. The quantitative estimate of drug-likeness (QED) is 0.499. The molecule has 1 rings (SSSR count). The van der Waals surface area contributed by atoms with Crippen LogP contribution in [0.25, 0.3) is 0 Å². The number of nitrogens with one attached hydrogen (secondary N) is 1. The van der Waals surface area contributed by atoms with E-state index >= 15 is 0 Å². The molecule has 4 nitrogen and oxygen atoms in total. The molecule has 2 atom stereocenters. The fourth-order valence-corrected chi connectivity index (χ4v) is 0.953. The molecule has 1 aliphatic rings. The van der Waals surface area contributed by atoms with Crippen LogP contribution in [0.5, 0.6) is 0 Å². The minimum atomic E-state index is -0.924. The Morgan fingerprint density at radius 1 is 1.91 bits per heavy atom. The Morgan fingerprint density at radius 2 is 2.55 bits per heavy atom. The fraction of sp³-hybridized carbons (Fsp3) is 0.571. The van der Waals surface area contributed by atoms with Crippen LogP contribution in [0.2, 0.25) is 0 Å². The van der Waals surface area contributed by atoms with Crippen molar-refractivity contribution in [1.82, 2.24) is 5.32 Å². The summed E-state index contributed by atoms with van der Waals surface area (Å²) in [5.74, 6) is -0.145. The Balaban J connectivity index is 2.49. The molecule has 11 heavy (non-hydrogen) atoms. The Morgan fingerprint density at radius 3 is 2.91 bits per heavy atom. The van der Waals surface area contributed by atoms with Gasteiger partial charge in [0.1, 0.15) is 0 Å². The molecule has 0 bridgehead atoms. The van der Waals surface area contributed by atoms with Crippen molar-refractivity contribution in [2.24, 2.45) is 0 Å². The van der Waals surface area contributed by atoms with Crippen molar-refractivity contribution >= 4 is 5.91 Å². The summed E-state index contributed by atoms with van der Waals surface area (Å²) in [5, 5.41) is 11.6. The van der Waals surface area contributed by atoms with Gasteiger partial charge in [-0.1, -0.05) is 6.58 Å². The number of hydrogen-bond donors (Lipinski definition) is 2. The van der Waals surface area contributed by atoms with E-state index in [0.29, 0.717) is 12.2 Å². The van der Waals surface area contributed by atoms with Gasteiger partial charge in [0.15, 0.2) is 6.29 Å². The molecule has 0 aromatic rings. The van der Waals surface area contributed by atoms with E-state index in [2.05, 4.69) is 11.9 Å². The molecule has 1 heterocycles. The maximum Gasteiger partial charge on any atom is 0.217 e. The third kappa shape index (κ3) is 1.78. The first kappa shape index (κ1) is 8.23. The lowest BCUT2D eigenvalue weighted by Crippen LogP contribution is -2.34. The highest BCUT2D eigenvalue weighted by molar-refractivity contribution is 5.73. The van der Waals surface area contributed by atoms with Crippen molar-refractivity contribution in [3.8, 4) is 0 Å². The van der Waals surface area contributed by atoms with Gasteiger partial charge < -0.3 is 15.2 Å². The number of carbonyl (C=O) groups is 1. The predicted molar refractivity (Wildman–Crippen MR) is 38.7 cm³/mol. The van der Waals surface area contributed by atoms with Crippen molar-refractivity contribution in [2.45, 2.75) is 19.3 Å². The highest BCUT2D eigenvalue weighted by atomic mass is 16.6. The molecule has 1 amide bonds. The van der Waals surface area contributed by atoms with Crippen molar-refractivity contribution < 1.29 is 14.6 Å². The summed E-state index contributed by atoms with van der Waals surface area (Å²) in [5.41, 5.74) is 0.514. The Hall–Kier alpha value is -0.870. The first-order valence-corrected chi connectivity index (χ1v) is 3.36. The molecule has 1 fully saturated rings. The van der Waals surface area contributed by atoms with Crippen molar-refractivity contribution in [2.75, 3.05) is 6.61 Å². The van der Waals surface area contributed by atoms with Crippen LogP contribution in [-0.4, -0.2) is 30.0 Å². The molecule has 0 spiro atoms. The van der Waals surface area contributed by atoms with Gasteiger partial charge in [-0.05, 0) is 0 Å². The molecule has 1 aliphatic heterocycles. The molecule has 62 valence electrons. The molecule has 0 radical (unpaired) electrons. The number of hydrogen-bond acceptors (Lipinski definition) is 3. The summed E-state index contributed by atoms with van der Waals surface area (Å²) in [6, 6.07) is -0.234. The number of aliphatic hydroxyl groups excluding tert-OH is 1. The van der Waals surface area contributed by atoms with E-state index in [0.717, 1.165) is 0 Å². The standard InChI is InChI=1S/C7H11NO3/c1-4-6(8-5(2)9)3-11-7(4)10/h6-7,10H,1,3H2,2H3,(H,8,9). The highest BCUT2D eigenvalue weighted by Gasteiger charge is 2.28. The van der Waals surface area contributed by atoms with E-state index in [1.165, 1.54) is 6.92 Å². The van der Waals surface area contributed by atoms with Gasteiger partial charge in [0.2, 0.25) is 5.91 Å². The zero-order valence-corrected chi connectivity index (χ0v) is 6.33. The number of amides is 1. The lowest BCUT2D eigenvalue weighted by atomic mass is 10.1. The zero-order chi connectivity index (χ0) is 8.43. The first-order chi connectivity index (χ1) is 5.11. The van der Waals surface area contributed by atoms with E-state index in [9.17, 15) is 4.79 Å². The van der Waals surface area contributed by atoms with Gasteiger partial charge in [-0.2, -0.15) is 0 Å². The van der Waals surface area contributed by atoms with E-state index < -0.39 is 6.29 Å². The van der Waals surface area contributed by atoms with Crippen LogP contribution >= 0.6 is 0 Å². The highest BCUT2D eigenvalue weighted by Crippen LogP contribution is 2.15.